The molecule has 0 aliphatic rings. The third-order valence-electron chi connectivity index (χ3n) is 4.68. The fourth-order valence-corrected chi connectivity index (χ4v) is 3.46. The molecule has 0 saturated heterocycles. The predicted molar refractivity (Wildman–Crippen MR) is 124 cm³/mol. The molecule has 4 aromatic rings. The molecule has 3 aromatic carbocycles. The lowest BCUT2D eigenvalue weighted by Gasteiger charge is -2.11. The Kier molecular flexibility index (Phi) is 7.19. The van der Waals surface area contributed by atoms with Crippen molar-refractivity contribution < 1.29 is 23.6 Å². The summed E-state index contributed by atoms with van der Waals surface area (Å²) < 4.78 is 15.6. The maximum atomic E-state index is 12.9. The molecule has 2 N–H and O–H groups in total. The van der Waals surface area contributed by atoms with Crippen molar-refractivity contribution in [3.8, 4) is 11.5 Å². The van der Waals surface area contributed by atoms with E-state index in [2.05, 4.69) is 17.9 Å². The monoisotopic (exact) mass is 468 g/mol. The van der Waals surface area contributed by atoms with Crippen molar-refractivity contribution in [2.45, 2.75) is 0 Å². The van der Waals surface area contributed by atoms with Gasteiger partial charge in [-0.1, -0.05) is 41.9 Å². The standard InChI is InChI=1S/C23H17ClN2O4.OS/c1-26-19(22(27)25-18-11-10-15(24)13-17(18)23(28)29)12-14-6-5-9-20(21(14)26)30-16-7-3-2-4-8-16;1-2/h2-13H,1H3,(H,25,27)(H,28,29);. The number of anilines is 1. The number of aromatic nitrogens is 1. The molecule has 0 bridgehead atoms. The molecular formula is C23H17ClN2O5S. The van der Waals surface area contributed by atoms with E-state index in [1.807, 2.05) is 48.5 Å². The Morgan fingerprint density at radius 2 is 1.72 bits per heavy atom. The van der Waals surface area contributed by atoms with Gasteiger partial charge in [0.15, 0.2) is 18.3 Å². The maximum Gasteiger partial charge on any atom is 0.337 e. The van der Waals surface area contributed by atoms with Crippen LogP contribution >= 0.6 is 11.6 Å². The Morgan fingerprint density at radius 3 is 2.41 bits per heavy atom. The highest BCUT2D eigenvalue weighted by Crippen LogP contribution is 2.32. The highest BCUT2D eigenvalue weighted by Gasteiger charge is 2.19. The zero-order valence-corrected chi connectivity index (χ0v) is 18.3. The normalized spacial score (nSPS) is 10.2. The van der Waals surface area contributed by atoms with Gasteiger partial charge in [0.2, 0.25) is 0 Å². The largest absolute Gasteiger partial charge is 0.478 e. The number of para-hydroxylation sites is 2. The second kappa shape index (κ2) is 10.0. The van der Waals surface area contributed by atoms with E-state index in [0.717, 1.165) is 10.9 Å². The van der Waals surface area contributed by atoms with Gasteiger partial charge in [0, 0.05) is 17.5 Å². The number of rotatable bonds is 5. The predicted octanol–water partition coefficient (Wildman–Crippen LogP) is 5.24. The molecule has 0 aliphatic carbocycles. The molecule has 1 amide bonds. The van der Waals surface area contributed by atoms with Gasteiger partial charge in [0.1, 0.15) is 11.4 Å². The van der Waals surface area contributed by atoms with Gasteiger partial charge < -0.3 is 19.7 Å². The van der Waals surface area contributed by atoms with E-state index < -0.39 is 11.9 Å². The Hall–Kier alpha value is -3.75. The molecule has 7 nitrogen and oxygen atoms in total. The summed E-state index contributed by atoms with van der Waals surface area (Å²) in [6, 6.07) is 21.0. The summed E-state index contributed by atoms with van der Waals surface area (Å²) in [6.45, 7) is 0. The summed E-state index contributed by atoms with van der Waals surface area (Å²) in [5, 5.41) is 13.2. The van der Waals surface area contributed by atoms with Gasteiger partial charge >= 0.3 is 5.97 Å². The quantitative estimate of drug-likeness (QED) is 0.415. The number of hydrogen-bond acceptors (Lipinski definition) is 5. The number of amides is 1. The second-order valence-electron chi connectivity index (χ2n) is 6.65. The van der Waals surface area contributed by atoms with Crippen LogP contribution in [0.3, 0.4) is 0 Å². The molecule has 9 heteroatoms. The zero-order chi connectivity index (χ0) is 23.3. The lowest BCUT2D eigenvalue weighted by atomic mass is 10.1. The third kappa shape index (κ3) is 4.77. The molecule has 0 aliphatic heterocycles. The van der Waals surface area contributed by atoms with E-state index in [9.17, 15) is 14.7 Å². The van der Waals surface area contributed by atoms with Crippen LogP contribution in [0.25, 0.3) is 10.9 Å². The van der Waals surface area contributed by atoms with Crippen molar-refractivity contribution in [1.29, 1.82) is 0 Å². The topological polar surface area (TPSA) is 97.6 Å². The minimum absolute atomic E-state index is 0.0808. The molecular weight excluding hydrogens is 452 g/mol. The third-order valence-corrected chi connectivity index (χ3v) is 4.92. The summed E-state index contributed by atoms with van der Waals surface area (Å²) in [5.74, 6) is -0.324. The van der Waals surface area contributed by atoms with Gasteiger partial charge in [-0.05, 0) is 42.5 Å². The number of nitrogens with zero attached hydrogens (tertiary/aromatic N) is 1. The first kappa shape index (κ1) is 22.9. The van der Waals surface area contributed by atoms with E-state index in [-0.39, 0.29) is 16.3 Å². The number of aromatic carboxylic acids is 1. The summed E-state index contributed by atoms with van der Waals surface area (Å²) in [7, 11) is 1.76. The number of carbonyl (C=O) groups is 2. The van der Waals surface area contributed by atoms with E-state index in [0.29, 0.717) is 17.2 Å². The number of hydrogen-bond donors (Lipinski definition) is 2. The number of carboxylic acid groups (broad SMARTS) is 1. The minimum Gasteiger partial charge on any atom is -0.478 e. The number of fused-ring (bicyclic) bond motifs is 1. The number of ether oxygens (including phenoxy) is 1. The molecule has 0 fully saturated rings. The molecule has 0 saturated carbocycles. The highest BCUT2D eigenvalue weighted by molar-refractivity contribution is 7.44. The van der Waals surface area contributed by atoms with Crippen molar-refractivity contribution in [2.75, 3.05) is 5.32 Å². The number of benzene rings is 3. The Balaban J connectivity index is 0.00000141. The van der Waals surface area contributed by atoms with Crippen molar-refractivity contribution in [3.05, 3.63) is 89.1 Å². The summed E-state index contributed by atoms with van der Waals surface area (Å²) in [4.78, 5) is 24.4. The summed E-state index contributed by atoms with van der Waals surface area (Å²) in [5.41, 5.74) is 1.20. The second-order valence-corrected chi connectivity index (χ2v) is 7.08. The number of halogens is 1. The van der Waals surface area contributed by atoms with Crippen LogP contribution in [0.4, 0.5) is 5.69 Å². The first-order valence-corrected chi connectivity index (χ1v) is 9.97. The van der Waals surface area contributed by atoms with Crippen LogP contribution in [0.2, 0.25) is 5.02 Å². The average Bonchev–Trinajstić information content (AvgIpc) is 3.14. The molecule has 1 aromatic heterocycles. The molecule has 0 unspecified atom stereocenters. The van der Waals surface area contributed by atoms with E-state index >= 15 is 0 Å². The first-order chi connectivity index (χ1) is 15.4. The SMILES string of the molecule is Cn1c(C(=O)Nc2ccc(Cl)cc2C(=O)O)cc2cccc(Oc3ccccc3)c21.O=S. The zero-order valence-electron chi connectivity index (χ0n) is 16.7. The average molecular weight is 469 g/mol. The summed E-state index contributed by atoms with van der Waals surface area (Å²) in [6.07, 6.45) is 0. The number of carbonyl (C=O) groups excluding carboxylic acids is 1. The molecule has 0 atom stereocenters. The molecule has 162 valence electrons. The van der Waals surface area contributed by atoms with E-state index in [1.54, 1.807) is 17.7 Å². The van der Waals surface area contributed by atoms with Crippen molar-refractivity contribution in [3.63, 3.8) is 0 Å². The van der Waals surface area contributed by atoms with Crippen molar-refractivity contribution >= 4 is 52.6 Å². The van der Waals surface area contributed by atoms with Crippen molar-refractivity contribution in [1.82, 2.24) is 4.57 Å². The minimum atomic E-state index is -1.18. The Labute approximate surface area is 193 Å². The van der Waals surface area contributed by atoms with Crippen LogP contribution in [-0.4, -0.2) is 25.8 Å². The van der Waals surface area contributed by atoms with Crippen LogP contribution in [0, 0.1) is 0 Å². The number of carboxylic acids is 1. The lowest BCUT2D eigenvalue weighted by molar-refractivity contribution is 0.0698. The molecule has 32 heavy (non-hydrogen) atoms. The molecule has 0 radical (unpaired) electrons. The van der Waals surface area contributed by atoms with Crippen molar-refractivity contribution in [2.24, 2.45) is 7.05 Å². The highest BCUT2D eigenvalue weighted by atomic mass is 35.5. The van der Waals surface area contributed by atoms with E-state index in [1.165, 1.54) is 18.2 Å². The Morgan fingerprint density at radius 1 is 1.00 bits per heavy atom. The fraction of sp³-hybridized carbons (Fsp3) is 0.0435. The molecule has 0 spiro atoms. The number of aryl methyl sites for hydroxylation is 1. The molecule has 4 rings (SSSR count). The smallest absolute Gasteiger partial charge is 0.337 e. The molecule has 1 heterocycles. The fourth-order valence-electron chi connectivity index (χ4n) is 3.28. The van der Waals surface area contributed by atoms with Gasteiger partial charge in [-0.2, -0.15) is 4.21 Å². The van der Waals surface area contributed by atoms with Gasteiger partial charge in [-0.15, -0.1) is 0 Å². The first-order valence-electron chi connectivity index (χ1n) is 9.26. The Bertz CT molecular complexity index is 1290. The van der Waals surface area contributed by atoms with Crippen LogP contribution in [0.1, 0.15) is 20.8 Å². The van der Waals surface area contributed by atoms with Crippen LogP contribution < -0.4 is 10.1 Å². The number of nitrogens with one attached hydrogen (secondary N) is 1. The van der Waals surface area contributed by atoms with Crippen LogP contribution in [-0.2, 0) is 19.6 Å². The van der Waals surface area contributed by atoms with Gasteiger partial charge in [-0.3, -0.25) is 4.79 Å². The summed E-state index contributed by atoms with van der Waals surface area (Å²) >= 11 is 8.72. The van der Waals surface area contributed by atoms with Crippen LogP contribution in [0.15, 0.2) is 72.8 Å². The van der Waals surface area contributed by atoms with Gasteiger partial charge in [0.05, 0.1) is 16.8 Å². The lowest BCUT2D eigenvalue weighted by Crippen LogP contribution is -2.17. The van der Waals surface area contributed by atoms with Gasteiger partial charge in [0.25, 0.3) is 5.91 Å². The van der Waals surface area contributed by atoms with E-state index in [4.69, 9.17) is 20.5 Å². The maximum absolute atomic E-state index is 12.9. The van der Waals surface area contributed by atoms with Crippen LogP contribution in [0.5, 0.6) is 11.5 Å². The van der Waals surface area contributed by atoms with Gasteiger partial charge in [-0.25, -0.2) is 4.79 Å².